The van der Waals surface area contributed by atoms with Gasteiger partial charge in [0.05, 0.1) is 6.54 Å². The lowest BCUT2D eigenvalue weighted by molar-refractivity contribution is -0.142. The van der Waals surface area contributed by atoms with Crippen molar-refractivity contribution in [2.75, 3.05) is 33.2 Å². The largest absolute Gasteiger partial charge is 0.356 e. The van der Waals surface area contributed by atoms with E-state index in [2.05, 4.69) is 21.3 Å². The number of benzene rings is 1. The Morgan fingerprint density at radius 2 is 1.71 bits per heavy atom. The Labute approximate surface area is 242 Å². The molecule has 0 spiro atoms. The summed E-state index contributed by atoms with van der Waals surface area (Å²) in [5.41, 5.74) is 0.839. The Bertz CT molecular complexity index is 1080. The normalized spacial score (nSPS) is 21.4. The Hall–Kier alpha value is -3.96. The van der Waals surface area contributed by atoms with Gasteiger partial charge in [0.2, 0.25) is 35.4 Å². The molecule has 3 atom stereocenters. The van der Waals surface area contributed by atoms with E-state index in [-0.39, 0.29) is 50.2 Å². The lowest BCUT2D eigenvalue weighted by atomic mass is 10.0. The summed E-state index contributed by atoms with van der Waals surface area (Å²) in [6.45, 7) is 6.90. The lowest BCUT2D eigenvalue weighted by Gasteiger charge is -2.30. The molecule has 0 aliphatic carbocycles. The predicted octanol–water partition coefficient (Wildman–Crippen LogP) is -0.0336. The van der Waals surface area contributed by atoms with E-state index in [9.17, 15) is 28.8 Å². The van der Waals surface area contributed by atoms with E-state index >= 15 is 0 Å². The van der Waals surface area contributed by atoms with Crippen molar-refractivity contribution in [2.24, 2.45) is 5.92 Å². The highest BCUT2D eigenvalue weighted by Gasteiger charge is 2.33. The predicted molar refractivity (Wildman–Crippen MR) is 153 cm³/mol. The summed E-state index contributed by atoms with van der Waals surface area (Å²) in [7, 11) is 1.49. The highest BCUT2D eigenvalue weighted by atomic mass is 16.2. The van der Waals surface area contributed by atoms with Gasteiger partial charge in [-0.2, -0.15) is 0 Å². The molecule has 12 nitrogen and oxygen atoms in total. The molecule has 1 aromatic carbocycles. The third kappa shape index (κ3) is 11.2. The smallest absolute Gasteiger partial charge is 0.245 e. The number of nitrogens with zero attached hydrogens (tertiary/aromatic N) is 2. The van der Waals surface area contributed by atoms with Crippen LogP contribution < -0.4 is 21.3 Å². The Kier molecular flexibility index (Phi) is 13.2. The first-order valence-corrected chi connectivity index (χ1v) is 14.1. The number of nitrogens with one attached hydrogen (secondary N) is 4. The fourth-order valence-corrected chi connectivity index (χ4v) is 4.46. The van der Waals surface area contributed by atoms with Gasteiger partial charge in [0, 0.05) is 46.4 Å². The van der Waals surface area contributed by atoms with E-state index in [0.29, 0.717) is 19.4 Å². The molecule has 0 saturated carbocycles. The van der Waals surface area contributed by atoms with E-state index in [4.69, 9.17) is 0 Å². The van der Waals surface area contributed by atoms with Crippen LogP contribution in [-0.4, -0.2) is 96.6 Å². The number of carbonyl (C=O) groups excluding carboxylic acids is 6. The molecule has 0 unspecified atom stereocenters. The highest BCUT2D eigenvalue weighted by Crippen LogP contribution is 2.11. The molecule has 226 valence electrons. The number of hydrogen-bond acceptors (Lipinski definition) is 6. The summed E-state index contributed by atoms with van der Waals surface area (Å²) in [5.74, 6) is -2.38. The Balaban J connectivity index is 2.33. The average molecular weight is 573 g/mol. The van der Waals surface area contributed by atoms with Crippen LogP contribution in [0.25, 0.3) is 0 Å². The van der Waals surface area contributed by atoms with Crippen molar-refractivity contribution in [3.63, 3.8) is 0 Å². The Morgan fingerprint density at radius 1 is 1.02 bits per heavy atom. The van der Waals surface area contributed by atoms with E-state index < -0.39 is 41.8 Å². The fourth-order valence-electron chi connectivity index (χ4n) is 4.46. The first-order valence-electron chi connectivity index (χ1n) is 14.1. The van der Waals surface area contributed by atoms with Crippen molar-refractivity contribution in [3.8, 4) is 0 Å². The molecular formula is C29H44N6O6. The first kappa shape index (κ1) is 33.2. The van der Waals surface area contributed by atoms with Crippen LogP contribution >= 0.6 is 0 Å². The average Bonchev–Trinajstić information content (AvgIpc) is 2.92. The number of carbonyl (C=O) groups is 6. The Morgan fingerprint density at radius 3 is 2.34 bits per heavy atom. The zero-order chi connectivity index (χ0) is 30.5. The van der Waals surface area contributed by atoms with Crippen LogP contribution in [0.4, 0.5) is 0 Å². The van der Waals surface area contributed by atoms with E-state index in [0.717, 1.165) is 5.56 Å². The minimum Gasteiger partial charge on any atom is -0.356 e. The summed E-state index contributed by atoms with van der Waals surface area (Å²) >= 11 is 0. The number of likely N-dealkylation sites (N-methyl/N-ethyl adjacent to an activating group) is 1. The molecule has 1 aromatic rings. The van der Waals surface area contributed by atoms with Crippen molar-refractivity contribution in [2.45, 2.75) is 71.5 Å². The van der Waals surface area contributed by atoms with Crippen LogP contribution in [0.5, 0.6) is 0 Å². The van der Waals surface area contributed by atoms with Crippen molar-refractivity contribution in [1.29, 1.82) is 0 Å². The SMILES string of the molecule is CC(=O)NCCCC(=O)N1CCNC(=O)[C@H](Cc2ccccc2)NC(=O)[C@H](C)N(C)C(=O)[C@H](CC(C)C)NC(=O)C1. The van der Waals surface area contributed by atoms with Crippen molar-refractivity contribution in [3.05, 3.63) is 35.9 Å². The second-order valence-corrected chi connectivity index (χ2v) is 10.8. The molecule has 0 bridgehead atoms. The van der Waals surface area contributed by atoms with Gasteiger partial charge in [-0.3, -0.25) is 28.8 Å². The summed E-state index contributed by atoms with van der Waals surface area (Å²) in [6.07, 6.45) is 1.03. The van der Waals surface area contributed by atoms with Crippen LogP contribution in [0.1, 0.15) is 52.5 Å². The van der Waals surface area contributed by atoms with Gasteiger partial charge >= 0.3 is 0 Å². The van der Waals surface area contributed by atoms with Gasteiger partial charge in [0.15, 0.2) is 0 Å². The quantitative estimate of drug-likeness (QED) is 0.321. The van der Waals surface area contributed by atoms with Gasteiger partial charge in [0.25, 0.3) is 0 Å². The first-order chi connectivity index (χ1) is 19.4. The number of hydrogen-bond donors (Lipinski definition) is 4. The van der Waals surface area contributed by atoms with Crippen LogP contribution in [-0.2, 0) is 35.2 Å². The molecule has 1 aliphatic heterocycles. The highest BCUT2D eigenvalue weighted by molar-refractivity contribution is 5.94. The summed E-state index contributed by atoms with van der Waals surface area (Å²) in [5, 5.41) is 10.9. The molecule has 1 aliphatic rings. The van der Waals surface area contributed by atoms with Gasteiger partial charge in [-0.05, 0) is 31.2 Å². The number of amides is 6. The minimum absolute atomic E-state index is 0.0449. The molecule has 0 radical (unpaired) electrons. The van der Waals surface area contributed by atoms with Crippen molar-refractivity contribution in [1.82, 2.24) is 31.1 Å². The van der Waals surface area contributed by atoms with Gasteiger partial charge in [-0.15, -0.1) is 0 Å². The summed E-state index contributed by atoms with van der Waals surface area (Å²) in [6, 6.07) is 6.50. The second kappa shape index (κ2) is 16.3. The molecule has 6 amide bonds. The van der Waals surface area contributed by atoms with Crippen molar-refractivity contribution >= 4 is 35.4 Å². The minimum atomic E-state index is -0.922. The molecule has 12 heteroatoms. The van der Waals surface area contributed by atoms with Crippen LogP contribution in [0.3, 0.4) is 0 Å². The molecule has 1 fully saturated rings. The maximum Gasteiger partial charge on any atom is 0.245 e. The monoisotopic (exact) mass is 572 g/mol. The fraction of sp³-hybridized carbons (Fsp3) is 0.586. The molecule has 1 saturated heterocycles. The zero-order valence-corrected chi connectivity index (χ0v) is 24.7. The lowest BCUT2D eigenvalue weighted by Crippen LogP contribution is -2.57. The molecule has 1 heterocycles. The van der Waals surface area contributed by atoms with Gasteiger partial charge in [0.1, 0.15) is 18.1 Å². The molecule has 0 aromatic heterocycles. The third-order valence-corrected chi connectivity index (χ3v) is 6.87. The summed E-state index contributed by atoms with van der Waals surface area (Å²) < 4.78 is 0. The maximum atomic E-state index is 13.4. The standard InChI is InChI=1S/C29H44N6O6/c1-19(2)16-24-29(41)34(5)20(3)27(39)33-23(17-22-10-7-6-8-11-22)28(40)31-14-15-35(18-25(37)32-24)26(38)12-9-13-30-21(4)36/h6-8,10-11,19-20,23-24H,9,12-18H2,1-5H3,(H,30,36)(H,31,40)(H,32,37)(H,33,39)/t20-,23-,24-/m0/s1. The van der Waals surface area contributed by atoms with Gasteiger partial charge in [-0.25, -0.2) is 0 Å². The third-order valence-electron chi connectivity index (χ3n) is 6.87. The molecular weight excluding hydrogens is 528 g/mol. The van der Waals surface area contributed by atoms with Crippen LogP contribution in [0, 0.1) is 5.92 Å². The summed E-state index contributed by atoms with van der Waals surface area (Å²) in [4.78, 5) is 79.7. The van der Waals surface area contributed by atoms with E-state index in [1.54, 1.807) is 6.92 Å². The zero-order valence-electron chi connectivity index (χ0n) is 24.7. The van der Waals surface area contributed by atoms with Gasteiger partial charge < -0.3 is 31.1 Å². The molecule has 41 heavy (non-hydrogen) atoms. The van der Waals surface area contributed by atoms with E-state index in [1.807, 2.05) is 44.2 Å². The number of rotatable bonds is 8. The van der Waals surface area contributed by atoms with Crippen LogP contribution in [0.15, 0.2) is 30.3 Å². The van der Waals surface area contributed by atoms with Crippen LogP contribution in [0.2, 0.25) is 0 Å². The van der Waals surface area contributed by atoms with Crippen molar-refractivity contribution < 1.29 is 28.8 Å². The molecule has 2 rings (SSSR count). The topological polar surface area (TPSA) is 157 Å². The molecule has 4 N–H and O–H groups in total. The van der Waals surface area contributed by atoms with E-state index in [1.165, 1.54) is 23.8 Å². The second-order valence-electron chi connectivity index (χ2n) is 10.8. The maximum absolute atomic E-state index is 13.4. The van der Waals surface area contributed by atoms with Gasteiger partial charge in [-0.1, -0.05) is 44.2 Å².